The molecule has 8 heteroatoms. The summed E-state index contributed by atoms with van der Waals surface area (Å²) >= 11 is 0. The number of benzene rings is 6. The lowest BCUT2D eigenvalue weighted by Gasteiger charge is -2.21. The fourth-order valence-corrected chi connectivity index (χ4v) is 6.73. The molecule has 0 bridgehead atoms. The van der Waals surface area contributed by atoms with Crippen LogP contribution in [0.1, 0.15) is 11.1 Å². The molecular weight excluding hydrogens is 598 g/mol. The third-order valence-corrected chi connectivity index (χ3v) is 8.54. The van der Waals surface area contributed by atoms with E-state index in [2.05, 4.69) is 0 Å². The van der Waals surface area contributed by atoms with E-state index in [0.29, 0.717) is 23.5 Å². The van der Waals surface area contributed by atoms with Crippen molar-refractivity contribution in [3.05, 3.63) is 145 Å². The molecule has 0 radical (unpaired) electrons. The predicted octanol–water partition coefficient (Wildman–Crippen LogP) is 11.6. The second-order valence-electron chi connectivity index (χ2n) is 11.2. The summed E-state index contributed by atoms with van der Waals surface area (Å²) in [7, 11) is 0. The van der Waals surface area contributed by atoms with Crippen LogP contribution >= 0.6 is 0 Å². The number of alkyl halides is 6. The van der Waals surface area contributed by atoms with Gasteiger partial charge in [0.2, 0.25) is 0 Å². The van der Waals surface area contributed by atoms with Crippen LogP contribution in [0, 0.1) is 0 Å². The van der Waals surface area contributed by atoms with Crippen molar-refractivity contribution in [2.45, 2.75) is 12.4 Å². The van der Waals surface area contributed by atoms with Gasteiger partial charge in [-0.25, -0.2) is 0 Å². The number of aromatic nitrogens is 2. The molecule has 0 saturated carbocycles. The summed E-state index contributed by atoms with van der Waals surface area (Å²) in [5.74, 6) is 0. The maximum Gasteiger partial charge on any atom is 0.417 e. The number of para-hydroxylation sites is 4. The van der Waals surface area contributed by atoms with Gasteiger partial charge >= 0.3 is 12.4 Å². The average molecular weight is 621 g/mol. The van der Waals surface area contributed by atoms with Crippen LogP contribution in [-0.2, 0) is 12.4 Å². The fourth-order valence-electron chi connectivity index (χ4n) is 6.73. The zero-order valence-corrected chi connectivity index (χ0v) is 23.9. The first-order chi connectivity index (χ1) is 22.1. The third-order valence-electron chi connectivity index (χ3n) is 8.54. The molecule has 0 aliphatic heterocycles. The van der Waals surface area contributed by atoms with Crippen LogP contribution < -0.4 is 0 Å². The lowest BCUT2D eigenvalue weighted by molar-refractivity contribution is -0.142. The Morgan fingerprint density at radius 3 is 1.02 bits per heavy atom. The number of hydrogen-bond acceptors (Lipinski definition) is 0. The molecule has 2 heterocycles. The fraction of sp³-hybridized carbons (Fsp3) is 0.0526. The zero-order valence-electron chi connectivity index (χ0n) is 23.9. The van der Waals surface area contributed by atoms with Gasteiger partial charge < -0.3 is 9.13 Å². The van der Waals surface area contributed by atoms with E-state index in [1.54, 1.807) is 0 Å². The van der Waals surface area contributed by atoms with Gasteiger partial charge in [-0.1, -0.05) is 78.9 Å². The Hall–Kier alpha value is -5.50. The van der Waals surface area contributed by atoms with E-state index in [-0.39, 0.29) is 5.56 Å². The monoisotopic (exact) mass is 620 g/mol. The minimum Gasteiger partial charge on any atom is -0.309 e. The molecule has 0 amide bonds. The van der Waals surface area contributed by atoms with E-state index in [0.717, 1.165) is 49.7 Å². The van der Waals surface area contributed by atoms with Crippen LogP contribution in [0.3, 0.4) is 0 Å². The van der Waals surface area contributed by atoms with Gasteiger partial charge in [0.1, 0.15) is 0 Å². The highest BCUT2D eigenvalue weighted by Crippen LogP contribution is 2.46. The van der Waals surface area contributed by atoms with Crippen molar-refractivity contribution in [3.8, 4) is 22.5 Å². The minimum atomic E-state index is -5.04. The first-order valence-corrected chi connectivity index (χ1v) is 14.5. The van der Waals surface area contributed by atoms with Crippen molar-refractivity contribution < 1.29 is 26.3 Å². The number of hydrogen-bond donors (Lipinski definition) is 0. The molecule has 46 heavy (non-hydrogen) atoms. The highest BCUT2D eigenvalue weighted by Gasteiger charge is 2.41. The van der Waals surface area contributed by atoms with Crippen molar-refractivity contribution >= 4 is 43.6 Å². The van der Waals surface area contributed by atoms with Gasteiger partial charge in [-0.05, 0) is 60.2 Å². The second kappa shape index (κ2) is 10.0. The topological polar surface area (TPSA) is 9.86 Å². The molecule has 0 atom stereocenters. The summed E-state index contributed by atoms with van der Waals surface area (Å²) in [6, 6.07) is 37.3. The van der Waals surface area contributed by atoms with Crippen LogP contribution in [0.15, 0.2) is 133 Å². The van der Waals surface area contributed by atoms with E-state index in [1.807, 2.05) is 112 Å². The molecule has 8 rings (SSSR count). The lowest BCUT2D eigenvalue weighted by Crippen LogP contribution is -2.14. The number of nitrogens with zero attached hydrogens (tertiary/aromatic N) is 2. The van der Waals surface area contributed by atoms with Gasteiger partial charge in [-0.2, -0.15) is 26.3 Å². The van der Waals surface area contributed by atoms with Crippen LogP contribution in [0.4, 0.5) is 26.3 Å². The van der Waals surface area contributed by atoms with Gasteiger partial charge in [0.15, 0.2) is 0 Å². The third kappa shape index (κ3) is 4.28. The van der Waals surface area contributed by atoms with E-state index in [4.69, 9.17) is 0 Å². The molecule has 0 spiro atoms. The van der Waals surface area contributed by atoms with Gasteiger partial charge in [-0.3, -0.25) is 0 Å². The van der Waals surface area contributed by atoms with E-state index >= 15 is 0 Å². The minimum absolute atomic E-state index is 0.198. The molecular formula is C38H22F6N2. The number of halogens is 6. The molecule has 2 nitrogen and oxygen atoms in total. The van der Waals surface area contributed by atoms with Crippen LogP contribution in [-0.4, -0.2) is 9.13 Å². The summed E-state index contributed by atoms with van der Waals surface area (Å²) in [5, 5.41) is 3.64. The molecule has 226 valence electrons. The first kappa shape index (κ1) is 28.0. The van der Waals surface area contributed by atoms with Crippen LogP contribution in [0.25, 0.3) is 66.1 Å². The quantitative estimate of drug-likeness (QED) is 0.174. The summed E-state index contributed by atoms with van der Waals surface area (Å²) in [5.41, 5.74) is 0.133. The van der Waals surface area contributed by atoms with E-state index in [1.165, 1.54) is 12.1 Å². The average Bonchev–Trinajstić information content (AvgIpc) is 3.57. The predicted molar refractivity (Wildman–Crippen MR) is 171 cm³/mol. The summed E-state index contributed by atoms with van der Waals surface area (Å²) < 4.78 is 90.8. The molecule has 0 aliphatic rings. The Labute approximate surface area is 258 Å². The molecule has 0 fully saturated rings. The van der Waals surface area contributed by atoms with Gasteiger partial charge in [-0.15, -0.1) is 0 Å². The number of fused-ring (bicyclic) bond motifs is 6. The first-order valence-electron chi connectivity index (χ1n) is 14.5. The summed E-state index contributed by atoms with van der Waals surface area (Å²) in [6.07, 6.45) is -10.1. The van der Waals surface area contributed by atoms with E-state index < -0.39 is 29.0 Å². The summed E-state index contributed by atoms with van der Waals surface area (Å²) in [6.45, 7) is 0. The van der Waals surface area contributed by atoms with Crippen molar-refractivity contribution in [2.75, 3.05) is 0 Å². The Balaban J connectivity index is 1.55. The Kier molecular flexibility index (Phi) is 6.09. The molecule has 0 N–H and O–H groups in total. The Morgan fingerprint density at radius 2 is 0.696 bits per heavy atom. The van der Waals surface area contributed by atoms with Gasteiger partial charge in [0, 0.05) is 38.5 Å². The molecule has 6 aromatic carbocycles. The summed E-state index contributed by atoms with van der Waals surface area (Å²) in [4.78, 5) is 0. The maximum absolute atomic E-state index is 14.5. The Bertz CT molecular complexity index is 2190. The smallest absolute Gasteiger partial charge is 0.309 e. The second-order valence-corrected chi connectivity index (χ2v) is 11.2. The zero-order chi connectivity index (χ0) is 31.8. The maximum atomic E-state index is 14.5. The van der Waals surface area contributed by atoms with E-state index in [9.17, 15) is 26.3 Å². The van der Waals surface area contributed by atoms with Crippen molar-refractivity contribution in [3.63, 3.8) is 0 Å². The lowest BCUT2D eigenvalue weighted by atomic mass is 9.92. The number of rotatable bonds is 3. The highest BCUT2D eigenvalue weighted by atomic mass is 19.4. The van der Waals surface area contributed by atoms with Crippen molar-refractivity contribution in [2.24, 2.45) is 0 Å². The standard InChI is InChI=1S/C38H22F6N2/c39-37(40,41)30-14-9-15-31(38(42,43)44)36(30)23-20-24(45-32-16-5-1-10-26(32)27-11-2-6-17-33(27)45)22-25(21-23)46-34-18-7-3-12-28(34)29-13-4-8-19-35(29)46/h1-22H. The largest absolute Gasteiger partial charge is 0.417 e. The van der Waals surface area contributed by atoms with Crippen LogP contribution in [0.2, 0.25) is 0 Å². The molecule has 2 aromatic heterocycles. The van der Waals surface area contributed by atoms with Gasteiger partial charge in [0.25, 0.3) is 0 Å². The molecule has 8 aromatic rings. The Morgan fingerprint density at radius 1 is 0.370 bits per heavy atom. The van der Waals surface area contributed by atoms with Crippen molar-refractivity contribution in [1.82, 2.24) is 9.13 Å². The van der Waals surface area contributed by atoms with Crippen LogP contribution in [0.5, 0.6) is 0 Å². The SMILES string of the molecule is FC(F)(F)c1cccc(C(F)(F)F)c1-c1cc(-n2c3ccccc3c3ccccc32)cc(-n2c3ccccc3c3ccccc32)c1. The molecule has 0 unspecified atom stereocenters. The highest BCUT2D eigenvalue weighted by molar-refractivity contribution is 6.10. The normalized spacial score (nSPS) is 12.6. The van der Waals surface area contributed by atoms with Gasteiger partial charge in [0.05, 0.1) is 33.2 Å². The van der Waals surface area contributed by atoms with Crippen molar-refractivity contribution in [1.29, 1.82) is 0 Å². The molecule has 0 aliphatic carbocycles. The molecule has 0 saturated heterocycles.